The molecule has 0 bridgehead atoms. The molecule has 0 heterocycles. The third-order valence-electron chi connectivity index (χ3n) is 5.17. The Morgan fingerprint density at radius 1 is 0.818 bits per heavy atom. The summed E-state index contributed by atoms with van der Waals surface area (Å²) in [7, 11) is 0. The van der Waals surface area contributed by atoms with Crippen LogP contribution in [-0.2, 0) is 10.8 Å². The van der Waals surface area contributed by atoms with Crippen molar-refractivity contribution in [3.8, 4) is 0 Å². The zero-order valence-electron chi connectivity index (χ0n) is 15.5. The minimum absolute atomic E-state index is 0.198. The van der Waals surface area contributed by atoms with E-state index in [1.165, 1.54) is 29.5 Å². The van der Waals surface area contributed by atoms with Crippen LogP contribution in [-0.4, -0.2) is 5.38 Å². The summed E-state index contributed by atoms with van der Waals surface area (Å²) in [6, 6.07) is 4.98. The van der Waals surface area contributed by atoms with Gasteiger partial charge in [-0.3, -0.25) is 0 Å². The summed E-state index contributed by atoms with van der Waals surface area (Å²) in [6.45, 7) is 16.3. The number of rotatable bonds is 1. The highest BCUT2D eigenvalue weighted by molar-refractivity contribution is 6.20. The van der Waals surface area contributed by atoms with Crippen molar-refractivity contribution in [2.75, 3.05) is 0 Å². The number of hydrogen-bond acceptors (Lipinski definition) is 0. The van der Waals surface area contributed by atoms with Gasteiger partial charge in [-0.05, 0) is 71.6 Å². The zero-order valence-corrected chi connectivity index (χ0v) is 16.3. The van der Waals surface area contributed by atoms with Gasteiger partial charge >= 0.3 is 0 Å². The van der Waals surface area contributed by atoms with Gasteiger partial charge in [0, 0.05) is 5.38 Å². The quantitative estimate of drug-likeness (QED) is 0.496. The van der Waals surface area contributed by atoms with Crippen LogP contribution >= 0.6 is 11.6 Å². The Labute approximate surface area is 142 Å². The average molecular weight is 321 g/mol. The van der Waals surface area contributed by atoms with E-state index < -0.39 is 0 Å². The number of hydrogen-bond donors (Lipinski definition) is 0. The summed E-state index contributed by atoms with van der Waals surface area (Å²) in [6.07, 6.45) is 4.81. The Balaban J connectivity index is 2.51. The summed E-state index contributed by atoms with van der Waals surface area (Å²) >= 11 is 6.30. The number of benzene rings is 1. The van der Waals surface area contributed by atoms with Crippen molar-refractivity contribution in [2.24, 2.45) is 0 Å². The van der Waals surface area contributed by atoms with Crippen molar-refractivity contribution in [1.82, 2.24) is 0 Å². The third-order valence-corrected chi connectivity index (χ3v) is 5.61. The van der Waals surface area contributed by atoms with Gasteiger partial charge in [-0.25, -0.2) is 0 Å². The van der Waals surface area contributed by atoms with E-state index in [1.54, 1.807) is 5.56 Å². The van der Waals surface area contributed by atoms with Crippen molar-refractivity contribution in [2.45, 2.75) is 96.3 Å². The average Bonchev–Trinajstić information content (AvgIpc) is 2.37. The van der Waals surface area contributed by atoms with E-state index in [9.17, 15) is 0 Å². The van der Waals surface area contributed by atoms with Gasteiger partial charge in [0.2, 0.25) is 0 Å². The first-order valence-electron chi connectivity index (χ1n) is 8.79. The molecule has 1 aromatic rings. The van der Waals surface area contributed by atoms with Crippen molar-refractivity contribution >= 4 is 11.6 Å². The molecule has 0 spiro atoms. The molecule has 0 N–H and O–H groups in total. The van der Waals surface area contributed by atoms with Crippen molar-refractivity contribution in [3.05, 3.63) is 34.4 Å². The molecular weight excluding hydrogens is 288 g/mol. The fourth-order valence-electron chi connectivity index (χ4n) is 3.92. The van der Waals surface area contributed by atoms with Gasteiger partial charge in [-0.2, -0.15) is 0 Å². The van der Waals surface area contributed by atoms with Crippen LogP contribution in [0.5, 0.6) is 0 Å². The highest BCUT2D eigenvalue weighted by Gasteiger charge is 2.27. The minimum atomic E-state index is 0.198. The van der Waals surface area contributed by atoms with Gasteiger partial charge in [0.25, 0.3) is 0 Å². The van der Waals surface area contributed by atoms with Crippen LogP contribution in [0.1, 0.15) is 95.4 Å². The Morgan fingerprint density at radius 3 is 1.59 bits per heavy atom. The van der Waals surface area contributed by atoms with Crippen LogP contribution in [0.2, 0.25) is 0 Å². The molecule has 0 aliphatic heterocycles. The van der Waals surface area contributed by atoms with Crippen LogP contribution in [0.15, 0.2) is 12.1 Å². The summed E-state index contributed by atoms with van der Waals surface area (Å²) in [4.78, 5) is 0. The van der Waals surface area contributed by atoms with Crippen molar-refractivity contribution < 1.29 is 0 Å². The lowest BCUT2D eigenvalue weighted by Gasteiger charge is -2.33. The SMILES string of the molecule is Cc1c(C(C)(C)C)cc(C2CCC(Cl)CC2)cc1C(C)(C)C. The first-order valence-corrected chi connectivity index (χ1v) is 9.23. The van der Waals surface area contributed by atoms with Crippen LogP contribution in [0.3, 0.4) is 0 Å². The Hall–Kier alpha value is -0.490. The standard InChI is InChI=1S/C21H33Cl/c1-14-18(20(2,3)4)12-16(13-19(14)21(5,6)7)15-8-10-17(22)11-9-15/h12-13,15,17H,8-11H2,1-7H3. The Kier molecular flexibility index (Phi) is 5.03. The molecule has 0 nitrogen and oxygen atoms in total. The summed E-state index contributed by atoms with van der Waals surface area (Å²) in [5, 5.41) is 0.394. The highest BCUT2D eigenvalue weighted by Crippen LogP contribution is 2.40. The lowest BCUT2D eigenvalue weighted by Crippen LogP contribution is -2.21. The van der Waals surface area contributed by atoms with E-state index in [0.717, 1.165) is 12.8 Å². The molecule has 1 aliphatic carbocycles. The van der Waals surface area contributed by atoms with E-state index in [4.69, 9.17) is 11.6 Å². The topological polar surface area (TPSA) is 0 Å². The molecule has 1 heteroatoms. The van der Waals surface area contributed by atoms with Crippen LogP contribution in [0, 0.1) is 6.92 Å². The van der Waals surface area contributed by atoms with Crippen molar-refractivity contribution in [1.29, 1.82) is 0 Å². The van der Waals surface area contributed by atoms with E-state index in [-0.39, 0.29) is 10.8 Å². The predicted octanol–water partition coefficient (Wildman–Crippen LogP) is 6.86. The molecule has 1 saturated carbocycles. The second kappa shape index (κ2) is 6.19. The Bertz CT molecular complexity index is 485. The smallest absolute Gasteiger partial charge is 0.0336 e. The third kappa shape index (κ3) is 3.88. The minimum Gasteiger partial charge on any atom is -0.123 e. The molecule has 0 unspecified atom stereocenters. The maximum Gasteiger partial charge on any atom is 0.0336 e. The molecule has 1 aliphatic rings. The Morgan fingerprint density at radius 2 is 1.23 bits per heavy atom. The van der Waals surface area contributed by atoms with E-state index in [2.05, 4.69) is 60.6 Å². The van der Waals surface area contributed by atoms with Gasteiger partial charge in [0.05, 0.1) is 0 Å². The molecule has 0 radical (unpaired) electrons. The van der Waals surface area contributed by atoms with Gasteiger partial charge in [-0.1, -0.05) is 53.7 Å². The molecule has 0 aromatic heterocycles. The largest absolute Gasteiger partial charge is 0.123 e. The number of alkyl halides is 1. The summed E-state index contributed by atoms with van der Waals surface area (Å²) in [5.74, 6) is 0.692. The molecule has 22 heavy (non-hydrogen) atoms. The highest BCUT2D eigenvalue weighted by atomic mass is 35.5. The van der Waals surface area contributed by atoms with Gasteiger partial charge < -0.3 is 0 Å². The molecule has 1 fully saturated rings. The lowest BCUT2D eigenvalue weighted by atomic mass is 9.73. The van der Waals surface area contributed by atoms with Crippen LogP contribution in [0.4, 0.5) is 0 Å². The molecule has 0 atom stereocenters. The van der Waals surface area contributed by atoms with Crippen molar-refractivity contribution in [3.63, 3.8) is 0 Å². The first-order chi connectivity index (χ1) is 10.00. The molecule has 0 saturated heterocycles. The van der Waals surface area contributed by atoms with E-state index >= 15 is 0 Å². The van der Waals surface area contributed by atoms with Crippen LogP contribution in [0.25, 0.3) is 0 Å². The molecule has 124 valence electrons. The predicted molar refractivity (Wildman–Crippen MR) is 99.4 cm³/mol. The van der Waals surface area contributed by atoms with E-state index in [1.807, 2.05) is 0 Å². The van der Waals surface area contributed by atoms with Gasteiger partial charge in [0.15, 0.2) is 0 Å². The van der Waals surface area contributed by atoms with E-state index in [0.29, 0.717) is 11.3 Å². The lowest BCUT2D eigenvalue weighted by molar-refractivity contribution is 0.446. The van der Waals surface area contributed by atoms with Gasteiger partial charge in [-0.15, -0.1) is 11.6 Å². The normalized spacial score (nSPS) is 23.6. The zero-order chi connectivity index (χ0) is 16.7. The summed E-state index contributed by atoms with van der Waals surface area (Å²) < 4.78 is 0. The number of halogens is 1. The second-order valence-corrected chi connectivity index (χ2v) is 9.81. The fraction of sp³-hybridized carbons (Fsp3) is 0.714. The van der Waals surface area contributed by atoms with Crippen LogP contribution < -0.4 is 0 Å². The fourth-order valence-corrected chi connectivity index (χ4v) is 4.17. The molecule has 0 amide bonds. The van der Waals surface area contributed by atoms with Gasteiger partial charge in [0.1, 0.15) is 0 Å². The second-order valence-electron chi connectivity index (χ2n) is 9.19. The first kappa shape index (κ1) is 17.9. The molecular formula is C21H33Cl. The monoisotopic (exact) mass is 320 g/mol. The molecule has 1 aromatic carbocycles. The maximum atomic E-state index is 6.30. The molecule has 2 rings (SSSR count). The summed E-state index contributed by atoms with van der Waals surface area (Å²) in [5.41, 5.74) is 6.46. The maximum absolute atomic E-state index is 6.30.